The average Bonchev–Trinajstić information content (AvgIpc) is 3.31. The number of amides is 2. The summed E-state index contributed by atoms with van der Waals surface area (Å²) in [5.41, 5.74) is 2.48. The second kappa shape index (κ2) is 5.66. The van der Waals surface area contributed by atoms with Crippen LogP contribution in [0.25, 0.3) is 0 Å². The lowest BCUT2D eigenvalue weighted by Gasteiger charge is -2.26. The molecule has 2 fully saturated rings. The zero-order chi connectivity index (χ0) is 16.7. The molecule has 124 valence electrons. The van der Waals surface area contributed by atoms with E-state index < -0.39 is 5.41 Å². The fourth-order valence-electron chi connectivity index (χ4n) is 3.85. The molecule has 0 unspecified atom stereocenters. The summed E-state index contributed by atoms with van der Waals surface area (Å²) in [6, 6.07) is 3.74. The van der Waals surface area contributed by atoms with Crippen LogP contribution in [0.15, 0.2) is 35.4 Å². The summed E-state index contributed by atoms with van der Waals surface area (Å²) in [6.45, 7) is 3.82. The third kappa shape index (κ3) is 2.23. The van der Waals surface area contributed by atoms with Crippen molar-refractivity contribution in [3.05, 3.63) is 41.1 Å². The van der Waals surface area contributed by atoms with Gasteiger partial charge < -0.3 is 9.80 Å². The highest BCUT2D eigenvalue weighted by molar-refractivity contribution is 7.07. The Kier molecular flexibility index (Phi) is 3.60. The summed E-state index contributed by atoms with van der Waals surface area (Å²) in [5.74, 6) is 0.165. The number of anilines is 1. The average molecular weight is 342 g/mol. The third-order valence-electron chi connectivity index (χ3n) is 5.26. The van der Waals surface area contributed by atoms with Crippen LogP contribution in [0.3, 0.4) is 0 Å². The Balaban J connectivity index is 1.58. The quantitative estimate of drug-likeness (QED) is 0.838. The maximum absolute atomic E-state index is 13.1. The van der Waals surface area contributed by atoms with E-state index in [1.807, 2.05) is 12.1 Å². The van der Waals surface area contributed by atoms with Gasteiger partial charge >= 0.3 is 0 Å². The van der Waals surface area contributed by atoms with Gasteiger partial charge in [-0.25, -0.2) is 4.98 Å². The number of pyridine rings is 1. The first-order valence-corrected chi connectivity index (χ1v) is 8.95. The first-order chi connectivity index (χ1) is 11.6. The van der Waals surface area contributed by atoms with E-state index in [0.29, 0.717) is 25.3 Å². The second-order valence-electron chi connectivity index (χ2n) is 6.53. The Labute approximate surface area is 144 Å². The monoisotopic (exact) mass is 342 g/mol. The molecule has 2 saturated heterocycles. The van der Waals surface area contributed by atoms with E-state index in [2.05, 4.69) is 16.9 Å². The Hall–Kier alpha value is -2.28. The topological polar surface area (TPSA) is 66.4 Å². The number of thiazole rings is 1. The van der Waals surface area contributed by atoms with E-state index in [4.69, 9.17) is 0 Å². The van der Waals surface area contributed by atoms with Crippen LogP contribution in [0.5, 0.6) is 0 Å². The van der Waals surface area contributed by atoms with Crippen molar-refractivity contribution < 1.29 is 9.59 Å². The molecule has 0 aromatic carbocycles. The number of carbonyl (C=O) groups excluding carboxylic acids is 2. The van der Waals surface area contributed by atoms with Crippen molar-refractivity contribution in [2.45, 2.75) is 13.3 Å². The minimum absolute atomic E-state index is 0.0763. The fourth-order valence-corrected chi connectivity index (χ4v) is 4.38. The number of hydrogen-bond acceptors (Lipinski definition) is 5. The maximum atomic E-state index is 13.1. The lowest BCUT2D eigenvalue weighted by molar-refractivity contribution is -0.126. The number of hydrogen-bond donors (Lipinski definition) is 0. The Morgan fingerprint density at radius 3 is 3.04 bits per heavy atom. The van der Waals surface area contributed by atoms with E-state index in [1.54, 1.807) is 33.1 Å². The van der Waals surface area contributed by atoms with Crippen LogP contribution in [-0.2, 0) is 4.79 Å². The molecule has 0 N–H and O–H groups in total. The van der Waals surface area contributed by atoms with Crippen LogP contribution in [0.4, 0.5) is 5.69 Å². The van der Waals surface area contributed by atoms with Gasteiger partial charge in [-0.1, -0.05) is 6.92 Å². The van der Waals surface area contributed by atoms with Crippen LogP contribution in [-0.4, -0.2) is 46.3 Å². The van der Waals surface area contributed by atoms with Crippen LogP contribution < -0.4 is 4.90 Å². The van der Waals surface area contributed by atoms with Gasteiger partial charge in [0.15, 0.2) is 0 Å². The third-order valence-corrected chi connectivity index (χ3v) is 5.85. The minimum atomic E-state index is -0.485. The van der Waals surface area contributed by atoms with Gasteiger partial charge in [0.05, 0.1) is 22.8 Å². The molecule has 2 aliphatic heterocycles. The van der Waals surface area contributed by atoms with E-state index in [-0.39, 0.29) is 17.7 Å². The number of nitrogens with zero attached hydrogens (tertiary/aromatic N) is 4. The zero-order valence-corrected chi connectivity index (χ0v) is 14.2. The molecule has 0 aliphatic carbocycles. The molecule has 1 spiro atoms. The number of likely N-dealkylation sites (tertiary alicyclic amines) is 1. The molecule has 2 aromatic rings. The first kappa shape index (κ1) is 15.3. The van der Waals surface area contributed by atoms with Gasteiger partial charge in [0.2, 0.25) is 5.91 Å². The van der Waals surface area contributed by atoms with Crippen molar-refractivity contribution in [3.63, 3.8) is 0 Å². The smallest absolute Gasteiger partial charge is 0.273 e. The van der Waals surface area contributed by atoms with Gasteiger partial charge in [-0.15, -0.1) is 11.3 Å². The molecule has 7 heteroatoms. The second-order valence-corrected chi connectivity index (χ2v) is 7.25. The summed E-state index contributed by atoms with van der Waals surface area (Å²) >= 11 is 1.41. The molecule has 24 heavy (non-hydrogen) atoms. The Morgan fingerprint density at radius 2 is 2.33 bits per heavy atom. The number of aromatic nitrogens is 2. The fraction of sp³-hybridized carbons (Fsp3) is 0.412. The molecule has 2 aliphatic rings. The van der Waals surface area contributed by atoms with Crippen LogP contribution in [0.2, 0.25) is 0 Å². The molecule has 2 amide bonds. The molecule has 4 heterocycles. The molecule has 2 atom stereocenters. The van der Waals surface area contributed by atoms with E-state index in [9.17, 15) is 9.59 Å². The maximum Gasteiger partial charge on any atom is 0.273 e. The van der Waals surface area contributed by atoms with Gasteiger partial charge in [0.25, 0.3) is 5.91 Å². The van der Waals surface area contributed by atoms with Crippen LogP contribution in [0, 0.1) is 11.3 Å². The molecule has 0 saturated carbocycles. The van der Waals surface area contributed by atoms with Crippen molar-refractivity contribution in [3.8, 4) is 0 Å². The minimum Gasteiger partial charge on any atom is -0.336 e. The summed E-state index contributed by atoms with van der Waals surface area (Å²) in [7, 11) is 0. The highest BCUT2D eigenvalue weighted by Gasteiger charge is 2.56. The number of carbonyl (C=O) groups is 2. The summed E-state index contributed by atoms with van der Waals surface area (Å²) in [6.07, 6.45) is 4.18. The summed E-state index contributed by atoms with van der Waals surface area (Å²) in [4.78, 5) is 37.5. The lowest BCUT2D eigenvalue weighted by Crippen LogP contribution is -2.40. The highest BCUT2D eigenvalue weighted by Crippen LogP contribution is 2.46. The molecule has 0 radical (unpaired) electrons. The van der Waals surface area contributed by atoms with Crippen LogP contribution >= 0.6 is 11.3 Å². The van der Waals surface area contributed by atoms with Gasteiger partial charge in [-0.2, -0.15) is 0 Å². The molecule has 4 rings (SSSR count). The van der Waals surface area contributed by atoms with Crippen molar-refractivity contribution >= 4 is 28.8 Å². The van der Waals surface area contributed by atoms with Crippen LogP contribution in [0.1, 0.15) is 23.8 Å². The predicted octanol–water partition coefficient (Wildman–Crippen LogP) is 2.05. The normalized spacial score (nSPS) is 26.5. The summed E-state index contributed by atoms with van der Waals surface area (Å²) < 4.78 is 0. The number of rotatable bonds is 2. The van der Waals surface area contributed by atoms with Gasteiger partial charge in [0, 0.05) is 31.2 Å². The van der Waals surface area contributed by atoms with Crippen molar-refractivity contribution in [2.24, 2.45) is 11.3 Å². The molecule has 2 aromatic heterocycles. The molecule has 6 nitrogen and oxygen atoms in total. The largest absolute Gasteiger partial charge is 0.336 e. The lowest BCUT2D eigenvalue weighted by atomic mass is 9.78. The van der Waals surface area contributed by atoms with E-state index in [0.717, 1.165) is 12.1 Å². The predicted molar refractivity (Wildman–Crippen MR) is 90.8 cm³/mol. The Morgan fingerprint density at radius 1 is 1.46 bits per heavy atom. The SMILES string of the molecule is C[C@@H]1CN(C(=O)c2cscn2)C[C@]12CCN(c1cccnc1)C2=O. The molecule has 0 bridgehead atoms. The molecular weight excluding hydrogens is 324 g/mol. The van der Waals surface area contributed by atoms with Crippen molar-refractivity contribution in [1.29, 1.82) is 0 Å². The highest BCUT2D eigenvalue weighted by atomic mass is 32.1. The standard InChI is InChI=1S/C17H18N4O2S/c1-12-8-20(15(22)14-9-24-11-19-14)10-17(12)4-6-21(16(17)23)13-3-2-5-18-7-13/h2-3,5,7,9,11-12H,4,6,8,10H2,1H3/t12-,17-/m1/s1. The van der Waals surface area contributed by atoms with Gasteiger partial charge in [-0.05, 0) is 24.5 Å². The van der Waals surface area contributed by atoms with Crippen molar-refractivity contribution in [2.75, 3.05) is 24.5 Å². The van der Waals surface area contributed by atoms with Gasteiger partial charge in [0.1, 0.15) is 5.69 Å². The molecular formula is C17H18N4O2S. The van der Waals surface area contributed by atoms with Gasteiger partial charge in [-0.3, -0.25) is 14.6 Å². The Bertz CT molecular complexity index is 764. The van der Waals surface area contributed by atoms with Crippen molar-refractivity contribution in [1.82, 2.24) is 14.9 Å². The zero-order valence-electron chi connectivity index (χ0n) is 13.4. The first-order valence-electron chi connectivity index (χ1n) is 8.01. The summed E-state index contributed by atoms with van der Waals surface area (Å²) in [5, 5.41) is 1.76. The van der Waals surface area contributed by atoms with E-state index >= 15 is 0 Å². The van der Waals surface area contributed by atoms with E-state index in [1.165, 1.54) is 11.3 Å².